The molecule has 10 heavy (non-hydrogen) atoms. The Morgan fingerprint density at radius 2 is 1.90 bits per heavy atom. The molecule has 1 aromatic rings. The predicted molar refractivity (Wildman–Crippen MR) is 44.2 cm³/mol. The van der Waals surface area contributed by atoms with Crippen LogP contribution in [0.1, 0.15) is 0 Å². The van der Waals surface area contributed by atoms with Crippen molar-refractivity contribution in [1.29, 1.82) is 0 Å². The molecule has 0 bridgehead atoms. The predicted octanol–water partition coefficient (Wildman–Crippen LogP) is 2.58. The molecule has 0 N–H and O–H groups in total. The molecular weight excluding hydrogens is 144 g/mol. The van der Waals surface area contributed by atoms with Crippen LogP contribution in [0.15, 0.2) is 29.2 Å². The Morgan fingerprint density at radius 1 is 1.30 bits per heavy atom. The van der Waals surface area contributed by atoms with E-state index in [1.54, 1.807) is 11.8 Å². The molecular formula is C8H9OS. The van der Waals surface area contributed by atoms with Gasteiger partial charge in [-0.25, -0.2) is 0 Å². The second kappa shape index (κ2) is 3.52. The molecule has 0 aromatic heterocycles. The normalized spacial score (nSPS) is 9.40. The van der Waals surface area contributed by atoms with E-state index in [1.165, 1.54) is 4.90 Å². The van der Waals surface area contributed by atoms with Gasteiger partial charge in [-0.15, -0.1) is 11.8 Å². The monoisotopic (exact) mass is 153 g/mol. The van der Waals surface area contributed by atoms with Crippen LogP contribution in [-0.2, 0) is 0 Å². The summed E-state index contributed by atoms with van der Waals surface area (Å²) in [4.78, 5) is 1.24. The van der Waals surface area contributed by atoms with E-state index in [0.29, 0.717) is 0 Å². The molecule has 0 atom stereocenters. The molecule has 1 nitrogen and oxygen atoms in total. The summed E-state index contributed by atoms with van der Waals surface area (Å²) in [5, 5.41) is 0. The Balaban J connectivity index is 2.80. The van der Waals surface area contributed by atoms with E-state index in [-0.39, 0.29) is 0 Å². The minimum absolute atomic E-state index is 0.804. The summed E-state index contributed by atoms with van der Waals surface area (Å²) in [6.07, 6.45) is 2.04. The first-order valence-corrected chi connectivity index (χ1v) is 4.15. The summed E-state index contributed by atoms with van der Waals surface area (Å²) in [5.41, 5.74) is 0. The fourth-order valence-electron chi connectivity index (χ4n) is 0.672. The van der Waals surface area contributed by atoms with Crippen LogP contribution in [0.4, 0.5) is 0 Å². The van der Waals surface area contributed by atoms with Crippen molar-refractivity contribution in [3.63, 3.8) is 0 Å². The van der Waals surface area contributed by atoms with Crippen molar-refractivity contribution < 1.29 is 4.74 Å². The smallest absolute Gasteiger partial charge is 0.122 e. The van der Waals surface area contributed by atoms with Crippen LogP contribution in [0.25, 0.3) is 0 Å². The molecule has 1 rings (SSSR count). The topological polar surface area (TPSA) is 9.23 Å². The van der Waals surface area contributed by atoms with Gasteiger partial charge in [-0.1, -0.05) is 0 Å². The molecule has 0 aliphatic carbocycles. The van der Waals surface area contributed by atoms with Crippen molar-refractivity contribution >= 4 is 11.8 Å². The molecule has 0 spiro atoms. The molecule has 0 unspecified atom stereocenters. The fraction of sp³-hybridized carbons (Fsp3) is 0.125. The zero-order valence-electron chi connectivity index (χ0n) is 5.83. The molecule has 0 aliphatic rings. The van der Waals surface area contributed by atoms with Crippen molar-refractivity contribution in [3.05, 3.63) is 31.4 Å². The molecule has 0 saturated carbocycles. The van der Waals surface area contributed by atoms with Gasteiger partial charge in [0.25, 0.3) is 0 Å². The quantitative estimate of drug-likeness (QED) is 0.604. The van der Waals surface area contributed by atoms with Gasteiger partial charge in [0.1, 0.15) is 12.9 Å². The number of benzene rings is 1. The Bertz CT molecular complexity index is 170. The molecule has 0 heterocycles. The summed E-state index contributed by atoms with van der Waals surface area (Å²) in [6.45, 7) is 0. The van der Waals surface area contributed by atoms with Crippen molar-refractivity contribution in [3.8, 4) is 5.75 Å². The van der Waals surface area contributed by atoms with Gasteiger partial charge in [0.15, 0.2) is 0 Å². The number of hydrogen-bond donors (Lipinski definition) is 0. The number of rotatable bonds is 2. The minimum atomic E-state index is 0.804. The molecule has 2 heteroatoms. The fourth-order valence-corrected chi connectivity index (χ4v) is 1.08. The summed E-state index contributed by atoms with van der Waals surface area (Å²) >= 11 is 1.71. The standard InChI is InChI=1S/C8H9OS/c1-9-7-3-5-8(10-2)6-4-7/h3-6H,1H2,2H3. The van der Waals surface area contributed by atoms with Gasteiger partial charge in [-0.05, 0) is 30.5 Å². The number of thioether (sulfide) groups is 1. The van der Waals surface area contributed by atoms with E-state index >= 15 is 0 Å². The van der Waals surface area contributed by atoms with E-state index < -0.39 is 0 Å². The van der Waals surface area contributed by atoms with E-state index in [0.717, 1.165) is 5.75 Å². The van der Waals surface area contributed by atoms with Gasteiger partial charge in [-0.2, -0.15) is 0 Å². The first-order valence-electron chi connectivity index (χ1n) is 2.93. The number of ether oxygens (including phenoxy) is 1. The molecule has 0 amide bonds. The third-order valence-corrected chi connectivity index (χ3v) is 1.97. The summed E-state index contributed by atoms with van der Waals surface area (Å²) in [7, 11) is 3.30. The third kappa shape index (κ3) is 1.67. The Kier molecular flexibility index (Phi) is 2.63. The van der Waals surface area contributed by atoms with E-state index in [2.05, 4.69) is 7.11 Å². The van der Waals surface area contributed by atoms with Gasteiger partial charge >= 0.3 is 0 Å². The lowest BCUT2D eigenvalue weighted by Crippen LogP contribution is -1.77. The van der Waals surface area contributed by atoms with Crippen LogP contribution in [0, 0.1) is 7.11 Å². The van der Waals surface area contributed by atoms with Crippen molar-refractivity contribution in [2.24, 2.45) is 0 Å². The van der Waals surface area contributed by atoms with Gasteiger partial charge < -0.3 is 4.74 Å². The van der Waals surface area contributed by atoms with Gasteiger partial charge in [-0.3, -0.25) is 0 Å². The zero-order chi connectivity index (χ0) is 7.40. The van der Waals surface area contributed by atoms with E-state index in [1.807, 2.05) is 30.5 Å². The Labute approximate surface area is 65.4 Å². The molecule has 0 aliphatic heterocycles. The second-order valence-electron chi connectivity index (χ2n) is 1.82. The Morgan fingerprint density at radius 3 is 2.30 bits per heavy atom. The molecule has 0 saturated heterocycles. The van der Waals surface area contributed by atoms with E-state index in [9.17, 15) is 0 Å². The maximum atomic E-state index is 4.75. The SMILES string of the molecule is [CH2]Oc1ccc(SC)cc1. The van der Waals surface area contributed by atoms with Crippen molar-refractivity contribution in [2.75, 3.05) is 6.26 Å². The highest BCUT2D eigenvalue weighted by molar-refractivity contribution is 7.98. The second-order valence-corrected chi connectivity index (χ2v) is 2.70. The Hall–Kier alpha value is -0.630. The molecule has 1 radical (unpaired) electrons. The molecule has 0 fully saturated rings. The van der Waals surface area contributed by atoms with Crippen LogP contribution < -0.4 is 4.74 Å². The maximum Gasteiger partial charge on any atom is 0.122 e. The first kappa shape index (κ1) is 7.48. The van der Waals surface area contributed by atoms with Gasteiger partial charge in [0, 0.05) is 4.90 Å². The maximum absolute atomic E-state index is 4.75. The van der Waals surface area contributed by atoms with Gasteiger partial charge in [0.05, 0.1) is 0 Å². The molecule has 53 valence electrons. The lowest BCUT2D eigenvalue weighted by atomic mass is 10.3. The van der Waals surface area contributed by atoms with Crippen LogP contribution >= 0.6 is 11.8 Å². The first-order chi connectivity index (χ1) is 4.86. The van der Waals surface area contributed by atoms with Crippen LogP contribution in [-0.4, -0.2) is 6.26 Å². The third-order valence-electron chi connectivity index (χ3n) is 1.23. The van der Waals surface area contributed by atoms with Crippen LogP contribution in [0.5, 0.6) is 5.75 Å². The zero-order valence-corrected chi connectivity index (χ0v) is 6.65. The summed E-state index contributed by atoms with van der Waals surface area (Å²) in [5.74, 6) is 0.804. The minimum Gasteiger partial charge on any atom is -0.490 e. The lowest BCUT2D eigenvalue weighted by Gasteiger charge is -1.98. The average molecular weight is 153 g/mol. The average Bonchev–Trinajstić information content (AvgIpc) is 2.05. The largest absolute Gasteiger partial charge is 0.490 e. The highest BCUT2D eigenvalue weighted by atomic mass is 32.2. The van der Waals surface area contributed by atoms with Crippen molar-refractivity contribution in [2.45, 2.75) is 4.90 Å². The number of hydrogen-bond acceptors (Lipinski definition) is 2. The van der Waals surface area contributed by atoms with Crippen molar-refractivity contribution in [1.82, 2.24) is 0 Å². The van der Waals surface area contributed by atoms with Crippen LogP contribution in [0.2, 0.25) is 0 Å². The highest BCUT2D eigenvalue weighted by Gasteiger charge is 1.89. The summed E-state index contributed by atoms with van der Waals surface area (Å²) < 4.78 is 4.75. The lowest BCUT2D eigenvalue weighted by molar-refractivity contribution is 0.472. The van der Waals surface area contributed by atoms with Gasteiger partial charge in [0.2, 0.25) is 0 Å². The van der Waals surface area contributed by atoms with Crippen LogP contribution in [0.3, 0.4) is 0 Å². The van der Waals surface area contributed by atoms with E-state index in [4.69, 9.17) is 4.74 Å². The highest BCUT2D eigenvalue weighted by Crippen LogP contribution is 2.18. The summed E-state index contributed by atoms with van der Waals surface area (Å²) in [6, 6.07) is 7.81. The molecule has 1 aromatic carbocycles.